The van der Waals surface area contributed by atoms with Gasteiger partial charge in [0.15, 0.2) is 0 Å². The van der Waals surface area contributed by atoms with Crippen LogP contribution in [0.5, 0.6) is 5.75 Å². The number of nitrogens with one attached hydrogen (secondary N) is 1. The van der Waals surface area contributed by atoms with Crippen molar-refractivity contribution >= 4 is 60.7 Å². The maximum Gasteiger partial charge on any atom is 0.261 e. The van der Waals surface area contributed by atoms with E-state index in [1.165, 1.54) is 0 Å². The van der Waals surface area contributed by atoms with E-state index in [0.717, 1.165) is 20.9 Å². The zero-order valence-corrected chi connectivity index (χ0v) is 19.2. The summed E-state index contributed by atoms with van der Waals surface area (Å²) >= 11 is 8.33. The number of hydrogen-bond acceptors (Lipinski definition) is 4. The summed E-state index contributed by atoms with van der Waals surface area (Å²) in [5.41, 5.74) is 0.450. The maximum absolute atomic E-state index is 12.8. The largest absolute Gasteiger partial charge is 0.491 e. The van der Waals surface area contributed by atoms with Gasteiger partial charge in [0.25, 0.3) is 10.0 Å². The van der Waals surface area contributed by atoms with Crippen molar-refractivity contribution in [3.8, 4) is 5.75 Å². The summed E-state index contributed by atoms with van der Waals surface area (Å²) in [5, 5.41) is 2.17. The fourth-order valence-corrected chi connectivity index (χ4v) is 4.44. The first-order chi connectivity index (χ1) is 13.3. The molecule has 0 aliphatic rings. The normalized spacial score (nSPS) is 11.8. The molecule has 5 nitrogen and oxygen atoms in total. The Morgan fingerprint density at radius 1 is 1.11 bits per heavy atom. The lowest BCUT2D eigenvalue weighted by Gasteiger charge is -2.14. The number of ether oxygens (including phenoxy) is 1. The highest BCUT2D eigenvalue weighted by Gasteiger charge is 2.16. The van der Waals surface area contributed by atoms with Gasteiger partial charge < -0.3 is 9.64 Å². The van der Waals surface area contributed by atoms with Crippen molar-refractivity contribution in [1.82, 2.24) is 4.90 Å². The van der Waals surface area contributed by atoms with Crippen LogP contribution in [-0.4, -0.2) is 40.6 Å². The lowest BCUT2D eigenvalue weighted by molar-refractivity contribution is 0.260. The van der Waals surface area contributed by atoms with E-state index in [4.69, 9.17) is 16.3 Å². The second kappa shape index (κ2) is 8.86. The first-order valence-corrected chi connectivity index (χ1v) is 11.5. The van der Waals surface area contributed by atoms with E-state index in [1.807, 2.05) is 31.1 Å². The number of likely N-dealkylation sites (N-methyl/N-ethyl adjacent to an activating group) is 1. The number of nitrogens with zero attached hydrogens (tertiary/aromatic N) is 1. The van der Waals surface area contributed by atoms with E-state index in [2.05, 4.69) is 27.3 Å². The third-order valence-electron chi connectivity index (χ3n) is 4.09. The molecule has 0 radical (unpaired) electrons. The minimum atomic E-state index is -3.74. The average Bonchev–Trinajstić information content (AvgIpc) is 2.64. The van der Waals surface area contributed by atoms with Crippen molar-refractivity contribution in [1.29, 1.82) is 0 Å². The molecule has 28 heavy (non-hydrogen) atoms. The van der Waals surface area contributed by atoms with E-state index in [-0.39, 0.29) is 4.90 Å². The Morgan fingerprint density at radius 3 is 2.64 bits per heavy atom. The van der Waals surface area contributed by atoms with Gasteiger partial charge in [-0.2, -0.15) is 0 Å². The molecule has 0 heterocycles. The average molecular weight is 531 g/mol. The number of hydrogen-bond donors (Lipinski definition) is 1. The molecule has 3 rings (SSSR count). The zero-order chi connectivity index (χ0) is 20.3. The van der Waals surface area contributed by atoms with Crippen molar-refractivity contribution in [3.05, 3.63) is 63.2 Å². The molecule has 0 fully saturated rings. The zero-order valence-electron chi connectivity index (χ0n) is 15.4. The summed E-state index contributed by atoms with van der Waals surface area (Å²) < 4.78 is 35.0. The molecule has 3 aromatic carbocycles. The Hall–Kier alpha value is -1.55. The summed E-state index contributed by atoms with van der Waals surface area (Å²) in [4.78, 5) is 2.20. The van der Waals surface area contributed by atoms with E-state index in [9.17, 15) is 8.42 Å². The number of halogens is 2. The van der Waals surface area contributed by atoms with E-state index >= 15 is 0 Å². The minimum absolute atomic E-state index is 0.177. The molecule has 0 spiro atoms. The molecule has 0 saturated carbocycles. The van der Waals surface area contributed by atoms with E-state index in [1.54, 1.807) is 42.5 Å². The smallest absolute Gasteiger partial charge is 0.261 e. The number of sulfonamides is 1. The number of rotatable bonds is 7. The molecular formula is C20H20ClIN2O3S. The highest BCUT2D eigenvalue weighted by Crippen LogP contribution is 2.29. The molecule has 0 unspecified atom stereocenters. The Balaban J connectivity index is 1.84. The number of benzene rings is 3. The van der Waals surface area contributed by atoms with Crippen LogP contribution in [-0.2, 0) is 10.0 Å². The Morgan fingerprint density at radius 2 is 1.89 bits per heavy atom. The number of fused-ring (bicyclic) bond motifs is 1. The van der Waals surface area contributed by atoms with Gasteiger partial charge in [0.1, 0.15) is 12.4 Å². The molecule has 0 bridgehead atoms. The molecule has 0 aliphatic heterocycles. The summed E-state index contributed by atoms with van der Waals surface area (Å²) in [6.07, 6.45) is 0. The second-order valence-electron chi connectivity index (χ2n) is 6.53. The Kier molecular flexibility index (Phi) is 6.69. The molecule has 0 atom stereocenters. The maximum atomic E-state index is 12.8. The monoisotopic (exact) mass is 530 g/mol. The standard InChI is InChI=1S/C20H20ClIN2O3S/c1-24(2)10-11-27-20-13-15(6-9-19(20)22)23-28(25,26)16-7-8-17-14(12-16)4-3-5-18(17)21/h3-9,12-13,23H,10-11H2,1-2H3. The van der Waals surface area contributed by atoms with Crippen LogP contribution in [0, 0.1) is 3.57 Å². The van der Waals surface area contributed by atoms with Gasteiger partial charge in [-0.15, -0.1) is 0 Å². The highest BCUT2D eigenvalue weighted by molar-refractivity contribution is 14.1. The highest BCUT2D eigenvalue weighted by atomic mass is 127. The van der Waals surface area contributed by atoms with Gasteiger partial charge in [0.05, 0.1) is 14.2 Å². The van der Waals surface area contributed by atoms with Gasteiger partial charge in [-0.05, 0) is 72.4 Å². The third kappa shape index (κ3) is 5.08. The summed E-state index contributed by atoms with van der Waals surface area (Å²) in [6.45, 7) is 1.29. The fraction of sp³-hybridized carbons (Fsp3) is 0.200. The van der Waals surface area contributed by atoms with Gasteiger partial charge >= 0.3 is 0 Å². The van der Waals surface area contributed by atoms with Crippen LogP contribution in [0.15, 0.2) is 59.5 Å². The van der Waals surface area contributed by atoms with Crippen molar-refractivity contribution in [3.63, 3.8) is 0 Å². The van der Waals surface area contributed by atoms with Crippen LogP contribution in [0.25, 0.3) is 10.8 Å². The third-order valence-corrected chi connectivity index (χ3v) is 6.69. The lowest BCUT2D eigenvalue weighted by Crippen LogP contribution is -2.19. The molecule has 3 aromatic rings. The Bertz CT molecular complexity index is 1100. The molecule has 148 valence electrons. The van der Waals surface area contributed by atoms with Crippen LogP contribution < -0.4 is 9.46 Å². The second-order valence-corrected chi connectivity index (χ2v) is 9.78. The molecule has 8 heteroatoms. The molecule has 1 N–H and O–H groups in total. The molecule has 0 saturated heterocycles. The van der Waals surface area contributed by atoms with E-state index < -0.39 is 10.0 Å². The predicted molar refractivity (Wildman–Crippen MR) is 123 cm³/mol. The van der Waals surface area contributed by atoms with E-state index in [0.29, 0.717) is 23.1 Å². The van der Waals surface area contributed by atoms with Crippen LogP contribution >= 0.6 is 34.2 Å². The number of anilines is 1. The lowest BCUT2D eigenvalue weighted by atomic mass is 10.1. The van der Waals surface area contributed by atoms with Crippen LogP contribution in [0.4, 0.5) is 5.69 Å². The van der Waals surface area contributed by atoms with Gasteiger partial charge in [-0.25, -0.2) is 8.42 Å². The first-order valence-electron chi connectivity index (χ1n) is 8.54. The minimum Gasteiger partial charge on any atom is -0.491 e. The van der Waals surface area contributed by atoms with Gasteiger partial charge in [-0.1, -0.05) is 29.8 Å². The summed E-state index contributed by atoms with van der Waals surface area (Å²) in [7, 11) is 0.195. The first kappa shape index (κ1) is 21.2. The van der Waals surface area contributed by atoms with Gasteiger partial charge in [-0.3, -0.25) is 4.72 Å². The topological polar surface area (TPSA) is 58.6 Å². The quantitative estimate of drug-likeness (QED) is 0.444. The molecule has 0 aromatic heterocycles. The van der Waals surface area contributed by atoms with Gasteiger partial charge in [0, 0.05) is 23.0 Å². The molecular weight excluding hydrogens is 511 g/mol. The Labute approximate surface area is 183 Å². The molecule has 0 aliphatic carbocycles. The van der Waals surface area contributed by atoms with Crippen LogP contribution in [0.3, 0.4) is 0 Å². The molecule has 0 amide bonds. The van der Waals surface area contributed by atoms with Crippen molar-refractivity contribution in [2.45, 2.75) is 4.90 Å². The summed E-state index contributed by atoms with van der Waals surface area (Å²) in [6, 6.07) is 15.5. The van der Waals surface area contributed by atoms with Crippen molar-refractivity contribution in [2.24, 2.45) is 0 Å². The summed E-state index contributed by atoms with van der Waals surface area (Å²) in [5.74, 6) is 0.646. The van der Waals surface area contributed by atoms with Crippen LogP contribution in [0.1, 0.15) is 0 Å². The van der Waals surface area contributed by atoms with Crippen LogP contribution in [0.2, 0.25) is 5.02 Å². The predicted octanol–water partition coefficient (Wildman–Crippen LogP) is 4.84. The van der Waals surface area contributed by atoms with Crippen molar-refractivity contribution < 1.29 is 13.2 Å². The fourth-order valence-electron chi connectivity index (χ4n) is 2.62. The SMILES string of the molecule is CN(C)CCOc1cc(NS(=O)(=O)c2ccc3c(Cl)cccc3c2)ccc1I. The van der Waals surface area contributed by atoms with Gasteiger partial charge in [0.2, 0.25) is 0 Å². The van der Waals surface area contributed by atoms with Crippen molar-refractivity contribution in [2.75, 3.05) is 32.0 Å².